The molecule has 4 heteroatoms. The van der Waals surface area contributed by atoms with Gasteiger partial charge >= 0.3 is 0 Å². The van der Waals surface area contributed by atoms with Gasteiger partial charge in [-0.2, -0.15) is 0 Å². The van der Waals surface area contributed by atoms with Gasteiger partial charge < -0.3 is 10.2 Å². The van der Waals surface area contributed by atoms with Crippen molar-refractivity contribution in [2.75, 3.05) is 13.1 Å². The van der Waals surface area contributed by atoms with Crippen LogP contribution in [0, 0.1) is 0 Å². The van der Waals surface area contributed by atoms with E-state index >= 15 is 0 Å². The Balaban J connectivity index is 1.71. The zero-order valence-electron chi connectivity index (χ0n) is 18.5. The Morgan fingerprint density at radius 3 is 2.39 bits per heavy atom. The highest BCUT2D eigenvalue weighted by Crippen LogP contribution is 2.20. The molecule has 162 valence electrons. The SMILES string of the molecule is CCCNC(=O)C(C)N(CCc1ccccc1)C(=O)CCc1cccc2ccccc12. The fourth-order valence-electron chi connectivity index (χ4n) is 3.86. The Morgan fingerprint density at radius 1 is 0.903 bits per heavy atom. The summed E-state index contributed by atoms with van der Waals surface area (Å²) in [6, 6.07) is 24.1. The Bertz CT molecular complexity index is 995. The molecule has 1 unspecified atom stereocenters. The number of hydrogen-bond acceptors (Lipinski definition) is 2. The van der Waals surface area contributed by atoms with E-state index in [0.29, 0.717) is 25.9 Å². The predicted octanol–water partition coefficient (Wildman–Crippen LogP) is 4.76. The summed E-state index contributed by atoms with van der Waals surface area (Å²) in [5.41, 5.74) is 2.33. The number of aryl methyl sites for hydroxylation is 1. The number of rotatable bonds is 10. The molecular formula is C27H32N2O2. The summed E-state index contributed by atoms with van der Waals surface area (Å²) in [4.78, 5) is 27.6. The third kappa shape index (κ3) is 6.17. The molecule has 0 bridgehead atoms. The van der Waals surface area contributed by atoms with Crippen LogP contribution in [0.5, 0.6) is 0 Å². The second kappa shape index (κ2) is 11.3. The Morgan fingerprint density at radius 2 is 1.61 bits per heavy atom. The normalized spacial score (nSPS) is 11.8. The molecule has 31 heavy (non-hydrogen) atoms. The molecule has 0 fully saturated rings. The zero-order valence-corrected chi connectivity index (χ0v) is 18.5. The van der Waals surface area contributed by atoms with Crippen molar-refractivity contribution in [3.63, 3.8) is 0 Å². The monoisotopic (exact) mass is 416 g/mol. The minimum absolute atomic E-state index is 0.0167. The van der Waals surface area contributed by atoms with Crippen LogP contribution in [0.3, 0.4) is 0 Å². The lowest BCUT2D eigenvalue weighted by molar-refractivity contribution is -0.139. The molecule has 0 saturated carbocycles. The maximum absolute atomic E-state index is 13.2. The summed E-state index contributed by atoms with van der Waals surface area (Å²) in [5.74, 6) is -0.0727. The van der Waals surface area contributed by atoms with Crippen LogP contribution in [0.2, 0.25) is 0 Å². The summed E-state index contributed by atoms with van der Waals surface area (Å²) in [7, 11) is 0. The maximum Gasteiger partial charge on any atom is 0.242 e. The third-order valence-corrected chi connectivity index (χ3v) is 5.69. The van der Waals surface area contributed by atoms with Crippen molar-refractivity contribution in [1.82, 2.24) is 10.2 Å². The van der Waals surface area contributed by atoms with Crippen LogP contribution in [0.4, 0.5) is 0 Å². The zero-order chi connectivity index (χ0) is 22.1. The van der Waals surface area contributed by atoms with E-state index in [1.165, 1.54) is 10.8 Å². The number of nitrogens with one attached hydrogen (secondary N) is 1. The van der Waals surface area contributed by atoms with Gasteiger partial charge in [0, 0.05) is 19.5 Å². The highest BCUT2D eigenvalue weighted by atomic mass is 16.2. The fourth-order valence-corrected chi connectivity index (χ4v) is 3.86. The molecule has 4 nitrogen and oxygen atoms in total. The van der Waals surface area contributed by atoms with Crippen molar-refractivity contribution < 1.29 is 9.59 Å². The standard InChI is InChI=1S/C27H32N2O2/c1-3-19-28-27(31)21(2)29(20-18-22-10-5-4-6-11-22)26(30)17-16-24-14-9-13-23-12-7-8-15-25(23)24/h4-15,21H,3,16-20H2,1-2H3,(H,28,31). The van der Waals surface area contributed by atoms with Crippen molar-refractivity contribution in [2.45, 2.75) is 45.6 Å². The molecule has 1 N–H and O–H groups in total. The Labute approximate surface area is 185 Å². The van der Waals surface area contributed by atoms with E-state index in [4.69, 9.17) is 0 Å². The minimum Gasteiger partial charge on any atom is -0.354 e. The van der Waals surface area contributed by atoms with Crippen molar-refractivity contribution in [2.24, 2.45) is 0 Å². The van der Waals surface area contributed by atoms with Gasteiger partial charge in [0.05, 0.1) is 0 Å². The van der Waals surface area contributed by atoms with Crippen LogP contribution < -0.4 is 5.32 Å². The van der Waals surface area contributed by atoms with E-state index in [0.717, 1.165) is 24.0 Å². The smallest absolute Gasteiger partial charge is 0.242 e. The first-order chi connectivity index (χ1) is 15.1. The molecule has 1 atom stereocenters. The molecule has 0 heterocycles. The lowest BCUT2D eigenvalue weighted by Crippen LogP contribution is -2.49. The van der Waals surface area contributed by atoms with Crippen LogP contribution in [0.25, 0.3) is 10.8 Å². The van der Waals surface area contributed by atoms with Crippen molar-refractivity contribution in [3.05, 3.63) is 83.9 Å². The van der Waals surface area contributed by atoms with E-state index in [1.54, 1.807) is 4.90 Å². The average Bonchev–Trinajstić information content (AvgIpc) is 2.81. The predicted molar refractivity (Wildman–Crippen MR) is 127 cm³/mol. The first-order valence-corrected chi connectivity index (χ1v) is 11.2. The quantitative estimate of drug-likeness (QED) is 0.518. The molecule has 0 aliphatic rings. The summed E-state index contributed by atoms with van der Waals surface area (Å²) < 4.78 is 0. The summed E-state index contributed by atoms with van der Waals surface area (Å²) in [6.45, 7) is 5.00. The number of benzene rings is 3. The Hall–Kier alpha value is -3.14. The van der Waals surface area contributed by atoms with E-state index < -0.39 is 6.04 Å². The van der Waals surface area contributed by atoms with Crippen LogP contribution >= 0.6 is 0 Å². The van der Waals surface area contributed by atoms with E-state index in [2.05, 4.69) is 41.7 Å². The molecule has 3 rings (SSSR count). The topological polar surface area (TPSA) is 49.4 Å². The molecule has 3 aromatic carbocycles. The van der Waals surface area contributed by atoms with Crippen LogP contribution in [0.1, 0.15) is 37.8 Å². The van der Waals surface area contributed by atoms with Crippen molar-refractivity contribution in [1.29, 1.82) is 0 Å². The van der Waals surface area contributed by atoms with Gasteiger partial charge in [0.25, 0.3) is 0 Å². The average molecular weight is 417 g/mol. The van der Waals surface area contributed by atoms with Crippen LogP contribution in [0.15, 0.2) is 72.8 Å². The Kier molecular flexibility index (Phi) is 8.22. The van der Waals surface area contributed by atoms with Crippen molar-refractivity contribution in [3.8, 4) is 0 Å². The van der Waals surface area contributed by atoms with Gasteiger partial charge in [-0.05, 0) is 48.1 Å². The van der Waals surface area contributed by atoms with Gasteiger partial charge in [-0.15, -0.1) is 0 Å². The lowest BCUT2D eigenvalue weighted by atomic mass is 10.0. The molecule has 3 aromatic rings. The molecule has 0 aliphatic carbocycles. The summed E-state index contributed by atoms with van der Waals surface area (Å²) in [6.07, 6.45) is 2.64. The number of amides is 2. The number of hydrogen-bond donors (Lipinski definition) is 1. The molecule has 0 aromatic heterocycles. The second-order valence-corrected chi connectivity index (χ2v) is 7.93. The van der Waals surface area contributed by atoms with E-state index in [9.17, 15) is 9.59 Å². The third-order valence-electron chi connectivity index (χ3n) is 5.69. The van der Waals surface area contributed by atoms with Crippen LogP contribution in [-0.4, -0.2) is 35.8 Å². The number of carbonyl (C=O) groups excluding carboxylic acids is 2. The number of fused-ring (bicyclic) bond motifs is 1. The van der Waals surface area contributed by atoms with Gasteiger partial charge in [-0.1, -0.05) is 79.7 Å². The first-order valence-electron chi connectivity index (χ1n) is 11.2. The van der Waals surface area contributed by atoms with Gasteiger partial charge in [-0.3, -0.25) is 9.59 Å². The van der Waals surface area contributed by atoms with Crippen molar-refractivity contribution >= 4 is 22.6 Å². The highest BCUT2D eigenvalue weighted by Gasteiger charge is 2.25. The molecular weight excluding hydrogens is 384 g/mol. The summed E-state index contributed by atoms with van der Waals surface area (Å²) >= 11 is 0. The van der Waals surface area contributed by atoms with E-state index in [1.807, 2.05) is 50.2 Å². The minimum atomic E-state index is -0.490. The molecule has 2 amide bonds. The molecule has 0 aliphatic heterocycles. The van der Waals surface area contributed by atoms with Gasteiger partial charge in [0.1, 0.15) is 6.04 Å². The largest absolute Gasteiger partial charge is 0.354 e. The first kappa shape index (κ1) is 22.5. The lowest BCUT2D eigenvalue weighted by Gasteiger charge is -2.29. The van der Waals surface area contributed by atoms with Crippen LogP contribution in [-0.2, 0) is 22.4 Å². The summed E-state index contributed by atoms with van der Waals surface area (Å²) in [5, 5.41) is 5.29. The van der Waals surface area contributed by atoms with Gasteiger partial charge in [-0.25, -0.2) is 0 Å². The maximum atomic E-state index is 13.2. The fraction of sp³-hybridized carbons (Fsp3) is 0.333. The molecule has 0 saturated heterocycles. The molecule has 0 spiro atoms. The van der Waals surface area contributed by atoms with Gasteiger partial charge in [0.15, 0.2) is 0 Å². The van der Waals surface area contributed by atoms with Gasteiger partial charge in [0.2, 0.25) is 11.8 Å². The van der Waals surface area contributed by atoms with E-state index in [-0.39, 0.29) is 11.8 Å². The molecule has 0 radical (unpaired) electrons. The highest BCUT2D eigenvalue weighted by molar-refractivity contribution is 5.88. The second-order valence-electron chi connectivity index (χ2n) is 7.93. The number of nitrogens with zero attached hydrogens (tertiary/aromatic N) is 1. The number of carbonyl (C=O) groups is 2.